The van der Waals surface area contributed by atoms with Crippen molar-refractivity contribution < 1.29 is 14.3 Å². The maximum atomic E-state index is 12.4. The van der Waals surface area contributed by atoms with Crippen molar-refractivity contribution in [2.24, 2.45) is 0 Å². The minimum Gasteiger partial charge on any atom is -0.373 e. The molecule has 2 heterocycles. The van der Waals surface area contributed by atoms with E-state index < -0.39 is 0 Å². The summed E-state index contributed by atoms with van der Waals surface area (Å²) in [7, 11) is 0. The predicted octanol–water partition coefficient (Wildman–Crippen LogP) is 2.03. The molecule has 2 amide bonds. The summed E-state index contributed by atoms with van der Waals surface area (Å²) in [6.45, 7) is 5.56. The van der Waals surface area contributed by atoms with Gasteiger partial charge in [-0.25, -0.2) is 0 Å². The molecule has 1 atom stereocenters. The van der Waals surface area contributed by atoms with E-state index in [-0.39, 0.29) is 17.9 Å². The van der Waals surface area contributed by atoms with E-state index in [0.29, 0.717) is 31.8 Å². The highest BCUT2D eigenvalue weighted by Gasteiger charge is 2.22. The van der Waals surface area contributed by atoms with E-state index in [1.54, 1.807) is 18.0 Å². The zero-order valence-electron chi connectivity index (χ0n) is 15.1. The Morgan fingerprint density at radius 3 is 2.73 bits per heavy atom. The van der Waals surface area contributed by atoms with Gasteiger partial charge in [0.25, 0.3) is 5.91 Å². The lowest BCUT2D eigenvalue weighted by atomic mass is 10.0. The van der Waals surface area contributed by atoms with Crippen LogP contribution in [0.4, 0.5) is 0 Å². The molecule has 1 aliphatic heterocycles. The predicted molar refractivity (Wildman–Crippen MR) is 98.7 cm³/mol. The molecule has 1 aromatic carbocycles. The maximum Gasteiger partial charge on any atom is 0.251 e. The standard InChI is InChI=1S/C20H23N3O3/c1-14-11-21-8-7-19(14)16-3-5-17(6-4-16)20(25)22-12-18-13-23(15(2)24)9-10-26-18/h3-8,11,18H,9-10,12-13H2,1-2H3,(H,22,25)/t18-/m1/s1. The molecule has 1 saturated heterocycles. The van der Waals surface area contributed by atoms with Gasteiger partial charge in [-0.1, -0.05) is 12.1 Å². The van der Waals surface area contributed by atoms with Crippen LogP contribution in [0.2, 0.25) is 0 Å². The molecule has 6 heteroatoms. The highest BCUT2D eigenvalue weighted by molar-refractivity contribution is 5.94. The van der Waals surface area contributed by atoms with Gasteiger partial charge in [-0.3, -0.25) is 14.6 Å². The molecule has 0 bridgehead atoms. The number of nitrogens with one attached hydrogen (secondary N) is 1. The highest BCUT2D eigenvalue weighted by Crippen LogP contribution is 2.22. The molecule has 1 N–H and O–H groups in total. The number of aromatic nitrogens is 1. The van der Waals surface area contributed by atoms with Gasteiger partial charge in [-0.15, -0.1) is 0 Å². The molecule has 3 rings (SSSR count). The first-order valence-electron chi connectivity index (χ1n) is 8.71. The monoisotopic (exact) mass is 353 g/mol. The van der Waals surface area contributed by atoms with Crippen LogP contribution in [0.3, 0.4) is 0 Å². The van der Waals surface area contributed by atoms with Crippen molar-refractivity contribution in [3.05, 3.63) is 53.9 Å². The molecule has 0 aliphatic carbocycles. The van der Waals surface area contributed by atoms with Crippen molar-refractivity contribution in [3.63, 3.8) is 0 Å². The number of hydrogen-bond acceptors (Lipinski definition) is 4. The lowest BCUT2D eigenvalue weighted by Gasteiger charge is -2.32. The number of aryl methyl sites for hydroxylation is 1. The Morgan fingerprint density at radius 2 is 2.04 bits per heavy atom. The van der Waals surface area contributed by atoms with E-state index in [0.717, 1.165) is 16.7 Å². The molecule has 1 aliphatic rings. The van der Waals surface area contributed by atoms with Crippen molar-refractivity contribution >= 4 is 11.8 Å². The summed E-state index contributed by atoms with van der Waals surface area (Å²) < 4.78 is 5.62. The smallest absolute Gasteiger partial charge is 0.251 e. The summed E-state index contributed by atoms with van der Waals surface area (Å²) in [6, 6.07) is 9.46. The topological polar surface area (TPSA) is 71.5 Å². The summed E-state index contributed by atoms with van der Waals surface area (Å²) in [4.78, 5) is 29.7. The van der Waals surface area contributed by atoms with Crippen LogP contribution in [0.15, 0.2) is 42.7 Å². The maximum absolute atomic E-state index is 12.4. The van der Waals surface area contributed by atoms with Gasteiger partial charge >= 0.3 is 0 Å². The third-order valence-electron chi connectivity index (χ3n) is 4.55. The van der Waals surface area contributed by atoms with Gasteiger partial charge in [0.05, 0.1) is 12.7 Å². The fourth-order valence-corrected chi connectivity index (χ4v) is 3.04. The van der Waals surface area contributed by atoms with E-state index in [4.69, 9.17) is 4.74 Å². The summed E-state index contributed by atoms with van der Waals surface area (Å²) >= 11 is 0. The summed E-state index contributed by atoms with van der Waals surface area (Å²) in [6.07, 6.45) is 3.41. The van der Waals surface area contributed by atoms with Crippen molar-refractivity contribution in [3.8, 4) is 11.1 Å². The van der Waals surface area contributed by atoms with Gasteiger partial charge in [-0.2, -0.15) is 0 Å². The number of carbonyl (C=O) groups excluding carboxylic acids is 2. The fourth-order valence-electron chi connectivity index (χ4n) is 3.04. The van der Waals surface area contributed by atoms with Gasteiger partial charge in [-0.05, 0) is 41.8 Å². The average molecular weight is 353 g/mol. The highest BCUT2D eigenvalue weighted by atomic mass is 16.5. The number of morpholine rings is 1. The van der Waals surface area contributed by atoms with Crippen molar-refractivity contribution in [1.82, 2.24) is 15.2 Å². The molecule has 1 fully saturated rings. The zero-order valence-corrected chi connectivity index (χ0v) is 15.1. The number of rotatable bonds is 4. The Bertz CT molecular complexity index is 789. The number of amides is 2. The molecule has 2 aromatic rings. The second-order valence-corrected chi connectivity index (χ2v) is 6.44. The van der Waals surface area contributed by atoms with Crippen LogP contribution in [0, 0.1) is 6.92 Å². The van der Waals surface area contributed by atoms with Gasteiger partial charge < -0.3 is 15.0 Å². The van der Waals surface area contributed by atoms with Gasteiger partial charge in [0, 0.05) is 44.5 Å². The van der Waals surface area contributed by atoms with E-state index in [2.05, 4.69) is 10.3 Å². The van der Waals surface area contributed by atoms with Crippen LogP contribution in [0.5, 0.6) is 0 Å². The van der Waals surface area contributed by atoms with Gasteiger partial charge in [0.1, 0.15) is 0 Å². The number of benzene rings is 1. The Balaban J connectivity index is 1.58. The molecule has 26 heavy (non-hydrogen) atoms. The first kappa shape index (κ1) is 18.1. The Kier molecular flexibility index (Phi) is 5.63. The van der Waals surface area contributed by atoms with Crippen LogP contribution >= 0.6 is 0 Å². The van der Waals surface area contributed by atoms with Crippen molar-refractivity contribution in [2.45, 2.75) is 20.0 Å². The first-order chi connectivity index (χ1) is 12.5. The largest absolute Gasteiger partial charge is 0.373 e. The van der Waals surface area contributed by atoms with E-state index >= 15 is 0 Å². The Hall–Kier alpha value is -2.73. The van der Waals surface area contributed by atoms with Crippen LogP contribution in [0.1, 0.15) is 22.8 Å². The van der Waals surface area contributed by atoms with Gasteiger partial charge in [0.15, 0.2) is 0 Å². The summed E-state index contributed by atoms with van der Waals surface area (Å²) in [5.74, 6) is -0.113. The number of hydrogen-bond donors (Lipinski definition) is 1. The molecule has 1 aromatic heterocycles. The number of ether oxygens (including phenoxy) is 1. The molecule has 0 spiro atoms. The van der Waals surface area contributed by atoms with Crippen LogP contribution in [0.25, 0.3) is 11.1 Å². The second kappa shape index (κ2) is 8.10. The van der Waals surface area contributed by atoms with Crippen LogP contribution in [-0.2, 0) is 9.53 Å². The van der Waals surface area contributed by atoms with Crippen molar-refractivity contribution in [1.29, 1.82) is 0 Å². The van der Waals surface area contributed by atoms with E-state index in [1.165, 1.54) is 0 Å². The Labute approximate surface area is 153 Å². The minimum atomic E-state index is -0.171. The van der Waals surface area contributed by atoms with Gasteiger partial charge in [0.2, 0.25) is 5.91 Å². The SMILES string of the molecule is CC(=O)N1CCO[C@H](CNC(=O)c2ccc(-c3ccncc3C)cc2)C1. The zero-order chi connectivity index (χ0) is 18.5. The first-order valence-corrected chi connectivity index (χ1v) is 8.71. The lowest BCUT2D eigenvalue weighted by Crippen LogP contribution is -2.49. The van der Waals surface area contributed by atoms with Crippen LogP contribution in [-0.4, -0.2) is 54.0 Å². The number of pyridine rings is 1. The molecule has 136 valence electrons. The third-order valence-corrected chi connectivity index (χ3v) is 4.55. The normalized spacial score (nSPS) is 17.0. The average Bonchev–Trinajstić information content (AvgIpc) is 2.67. The minimum absolute atomic E-state index is 0.0339. The number of nitrogens with zero attached hydrogens (tertiary/aromatic N) is 2. The molecule has 0 saturated carbocycles. The summed E-state index contributed by atoms with van der Waals surface area (Å²) in [5.41, 5.74) is 3.84. The molecular weight excluding hydrogens is 330 g/mol. The molecule has 0 unspecified atom stereocenters. The Morgan fingerprint density at radius 1 is 1.27 bits per heavy atom. The molecular formula is C20H23N3O3. The van der Waals surface area contributed by atoms with E-state index in [9.17, 15) is 9.59 Å². The third kappa shape index (κ3) is 4.26. The fraction of sp³-hybridized carbons (Fsp3) is 0.350. The van der Waals surface area contributed by atoms with Crippen molar-refractivity contribution in [2.75, 3.05) is 26.2 Å². The molecule has 0 radical (unpaired) electrons. The second-order valence-electron chi connectivity index (χ2n) is 6.44. The lowest BCUT2D eigenvalue weighted by molar-refractivity contribution is -0.136. The summed E-state index contributed by atoms with van der Waals surface area (Å²) in [5, 5.41) is 2.89. The van der Waals surface area contributed by atoms with E-state index in [1.807, 2.05) is 43.5 Å². The molecule has 6 nitrogen and oxygen atoms in total. The number of carbonyl (C=O) groups is 2. The quantitative estimate of drug-likeness (QED) is 0.913. The van der Waals surface area contributed by atoms with Crippen LogP contribution < -0.4 is 5.32 Å².